The van der Waals surface area contributed by atoms with Crippen LogP contribution in [0.3, 0.4) is 0 Å². The molecule has 23 heavy (non-hydrogen) atoms. The molecule has 1 N–H and O–H groups in total. The highest BCUT2D eigenvalue weighted by atomic mass is 16.5. The number of carbonyl (C=O) groups excluding carboxylic acids is 1. The van der Waals surface area contributed by atoms with E-state index in [9.17, 15) is 9.59 Å². The molecule has 0 spiro atoms. The van der Waals surface area contributed by atoms with Gasteiger partial charge in [0, 0.05) is 25.4 Å². The minimum absolute atomic E-state index is 0.173. The highest BCUT2D eigenvalue weighted by Crippen LogP contribution is 2.30. The Balaban J connectivity index is 2.07. The Kier molecular flexibility index (Phi) is 4.23. The molecule has 0 unspecified atom stereocenters. The van der Waals surface area contributed by atoms with E-state index >= 15 is 0 Å². The van der Waals surface area contributed by atoms with Crippen LogP contribution in [0.2, 0.25) is 0 Å². The summed E-state index contributed by atoms with van der Waals surface area (Å²) < 4.78 is 10.5. The number of aromatic nitrogens is 1. The maximum Gasteiger partial charge on any atom is 0.259 e. The van der Waals surface area contributed by atoms with E-state index in [2.05, 4.69) is 4.98 Å². The molecule has 1 aliphatic rings. The standard InChI is InChI=1S/C17H20N2O4/c1-22-14-8-11-13(9-15(14)23-2)18-10-12(16(11)20)17(21)19-6-4-3-5-7-19/h8-10H,3-7H2,1-2H3,(H,18,20). The number of benzene rings is 1. The highest BCUT2D eigenvalue weighted by molar-refractivity contribution is 5.97. The lowest BCUT2D eigenvalue weighted by Crippen LogP contribution is -2.38. The first-order valence-electron chi connectivity index (χ1n) is 7.72. The van der Waals surface area contributed by atoms with Gasteiger partial charge in [0.2, 0.25) is 5.43 Å². The van der Waals surface area contributed by atoms with Gasteiger partial charge in [-0.2, -0.15) is 0 Å². The summed E-state index contributed by atoms with van der Waals surface area (Å²) in [6.07, 6.45) is 4.60. The van der Waals surface area contributed by atoms with Crippen LogP contribution < -0.4 is 14.9 Å². The molecule has 1 aromatic carbocycles. The Hall–Kier alpha value is -2.50. The Morgan fingerprint density at radius 1 is 1.09 bits per heavy atom. The number of carbonyl (C=O) groups is 1. The van der Waals surface area contributed by atoms with E-state index in [1.807, 2.05) is 0 Å². The highest BCUT2D eigenvalue weighted by Gasteiger charge is 2.22. The molecular formula is C17H20N2O4. The zero-order valence-corrected chi connectivity index (χ0v) is 13.3. The number of hydrogen-bond donors (Lipinski definition) is 1. The first kappa shape index (κ1) is 15.4. The van der Waals surface area contributed by atoms with Gasteiger partial charge in [0.05, 0.1) is 25.1 Å². The van der Waals surface area contributed by atoms with Crippen molar-refractivity contribution in [1.29, 1.82) is 0 Å². The van der Waals surface area contributed by atoms with Gasteiger partial charge in [-0.25, -0.2) is 0 Å². The largest absolute Gasteiger partial charge is 0.493 e. The SMILES string of the molecule is COc1cc2[nH]cc(C(=O)N3CCCCC3)c(=O)c2cc1OC. The quantitative estimate of drug-likeness (QED) is 0.942. The number of rotatable bonds is 3. The molecule has 6 nitrogen and oxygen atoms in total. The van der Waals surface area contributed by atoms with E-state index in [1.54, 1.807) is 17.0 Å². The number of aromatic amines is 1. The zero-order chi connectivity index (χ0) is 16.4. The molecule has 2 aromatic rings. The molecule has 122 valence electrons. The summed E-state index contributed by atoms with van der Waals surface area (Å²) in [5.74, 6) is 0.793. The molecule has 6 heteroatoms. The van der Waals surface area contributed by atoms with Crippen molar-refractivity contribution >= 4 is 16.8 Å². The van der Waals surface area contributed by atoms with E-state index in [4.69, 9.17) is 9.47 Å². The first-order chi connectivity index (χ1) is 11.2. The van der Waals surface area contributed by atoms with Crippen LogP contribution >= 0.6 is 0 Å². The normalized spacial score (nSPS) is 14.8. The summed E-state index contributed by atoms with van der Waals surface area (Å²) in [5.41, 5.74) is 0.504. The van der Waals surface area contributed by atoms with E-state index in [0.717, 1.165) is 19.3 Å². The number of H-pyrrole nitrogens is 1. The van der Waals surface area contributed by atoms with Crippen molar-refractivity contribution in [3.8, 4) is 11.5 Å². The van der Waals surface area contributed by atoms with E-state index in [1.165, 1.54) is 20.4 Å². The fourth-order valence-electron chi connectivity index (χ4n) is 2.97. The van der Waals surface area contributed by atoms with Gasteiger partial charge in [-0.15, -0.1) is 0 Å². The summed E-state index contributed by atoms with van der Waals surface area (Å²) in [5, 5.41) is 0.422. The molecule has 1 amide bonds. The summed E-state index contributed by atoms with van der Waals surface area (Å²) in [6.45, 7) is 1.42. The number of likely N-dealkylation sites (tertiary alicyclic amines) is 1. The van der Waals surface area contributed by atoms with Gasteiger partial charge in [-0.1, -0.05) is 0 Å². The van der Waals surface area contributed by atoms with Crippen LogP contribution in [0.4, 0.5) is 0 Å². The maximum absolute atomic E-state index is 12.7. The molecule has 0 aliphatic carbocycles. The molecule has 1 aliphatic heterocycles. The van der Waals surface area contributed by atoms with Gasteiger partial charge in [-0.05, 0) is 25.3 Å². The number of piperidine rings is 1. The van der Waals surface area contributed by atoms with Gasteiger partial charge in [0.25, 0.3) is 5.91 Å². The van der Waals surface area contributed by atoms with E-state index in [0.29, 0.717) is 35.5 Å². The number of hydrogen-bond acceptors (Lipinski definition) is 4. The van der Waals surface area contributed by atoms with E-state index in [-0.39, 0.29) is 16.9 Å². The van der Waals surface area contributed by atoms with Crippen LogP contribution in [0.5, 0.6) is 11.5 Å². The summed E-state index contributed by atoms with van der Waals surface area (Å²) in [4.78, 5) is 30.1. The van der Waals surface area contributed by atoms with Crippen LogP contribution in [-0.2, 0) is 0 Å². The molecule has 1 fully saturated rings. The second-order valence-corrected chi connectivity index (χ2v) is 5.64. The van der Waals surface area contributed by atoms with Crippen molar-refractivity contribution in [3.05, 3.63) is 34.1 Å². The average molecular weight is 316 g/mol. The molecule has 0 atom stereocenters. The van der Waals surface area contributed by atoms with Gasteiger partial charge in [0.15, 0.2) is 11.5 Å². The number of nitrogens with zero attached hydrogens (tertiary/aromatic N) is 1. The van der Waals surface area contributed by atoms with Gasteiger partial charge in [-0.3, -0.25) is 9.59 Å². The lowest BCUT2D eigenvalue weighted by molar-refractivity contribution is 0.0723. The molecule has 3 rings (SSSR count). The predicted molar refractivity (Wildman–Crippen MR) is 87.4 cm³/mol. The van der Waals surface area contributed by atoms with Gasteiger partial charge < -0.3 is 19.4 Å². The first-order valence-corrected chi connectivity index (χ1v) is 7.72. The third-order valence-corrected chi connectivity index (χ3v) is 4.26. The fourth-order valence-corrected chi connectivity index (χ4v) is 2.97. The second-order valence-electron chi connectivity index (χ2n) is 5.64. The minimum atomic E-state index is -0.282. The summed E-state index contributed by atoms with van der Waals surface area (Å²) in [6, 6.07) is 3.31. The van der Waals surface area contributed by atoms with Gasteiger partial charge >= 0.3 is 0 Å². The van der Waals surface area contributed by atoms with Crippen molar-refractivity contribution in [2.45, 2.75) is 19.3 Å². The molecule has 1 aromatic heterocycles. The van der Waals surface area contributed by atoms with Crippen LogP contribution in [0.15, 0.2) is 23.1 Å². The third kappa shape index (κ3) is 2.76. The molecule has 0 saturated carbocycles. The molecule has 0 radical (unpaired) electrons. The van der Waals surface area contributed by atoms with Crippen molar-refractivity contribution < 1.29 is 14.3 Å². The Labute approximate surface area is 134 Å². The number of ether oxygens (including phenoxy) is 2. The summed E-state index contributed by atoms with van der Waals surface area (Å²) >= 11 is 0. The van der Waals surface area contributed by atoms with Crippen molar-refractivity contribution in [1.82, 2.24) is 9.88 Å². The Morgan fingerprint density at radius 3 is 2.39 bits per heavy atom. The second kappa shape index (κ2) is 6.32. The molecular weight excluding hydrogens is 296 g/mol. The molecule has 2 heterocycles. The van der Waals surface area contributed by atoms with Crippen LogP contribution in [0, 0.1) is 0 Å². The van der Waals surface area contributed by atoms with E-state index < -0.39 is 0 Å². The van der Waals surface area contributed by atoms with Crippen molar-refractivity contribution in [3.63, 3.8) is 0 Å². The lowest BCUT2D eigenvalue weighted by Gasteiger charge is -2.26. The number of amides is 1. The predicted octanol–water partition coefficient (Wildman–Crippen LogP) is 2.17. The zero-order valence-electron chi connectivity index (χ0n) is 13.3. The topological polar surface area (TPSA) is 71.6 Å². The molecule has 0 bridgehead atoms. The van der Waals surface area contributed by atoms with Crippen LogP contribution in [-0.4, -0.2) is 43.1 Å². The van der Waals surface area contributed by atoms with Crippen molar-refractivity contribution in [2.75, 3.05) is 27.3 Å². The smallest absolute Gasteiger partial charge is 0.259 e. The van der Waals surface area contributed by atoms with Crippen LogP contribution in [0.1, 0.15) is 29.6 Å². The van der Waals surface area contributed by atoms with Gasteiger partial charge in [0.1, 0.15) is 5.56 Å². The van der Waals surface area contributed by atoms with Crippen LogP contribution in [0.25, 0.3) is 10.9 Å². The average Bonchev–Trinajstić information content (AvgIpc) is 2.61. The Morgan fingerprint density at radius 2 is 1.74 bits per heavy atom. The minimum Gasteiger partial charge on any atom is -0.493 e. The number of nitrogens with one attached hydrogen (secondary N) is 1. The molecule has 1 saturated heterocycles. The maximum atomic E-state index is 12.7. The number of fused-ring (bicyclic) bond motifs is 1. The summed E-state index contributed by atoms with van der Waals surface area (Å²) in [7, 11) is 3.05. The third-order valence-electron chi connectivity index (χ3n) is 4.26. The monoisotopic (exact) mass is 316 g/mol. The number of pyridine rings is 1. The fraction of sp³-hybridized carbons (Fsp3) is 0.412. The lowest BCUT2D eigenvalue weighted by atomic mass is 10.1. The Bertz CT molecular complexity index is 791. The number of methoxy groups -OCH3 is 2. The van der Waals surface area contributed by atoms with Crippen molar-refractivity contribution in [2.24, 2.45) is 0 Å².